The zero-order valence-electron chi connectivity index (χ0n) is 31.6. The van der Waals surface area contributed by atoms with Crippen LogP contribution in [0.1, 0.15) is 53.6 Å². The summed E-state index contributed by atoms with van der Waals surface area (Å²) >= 11 is 0. The molecule has 3 atom stereocenters. The highest BCUT2D eigenvalue weighted by molar-refractivity contribution is 5.90. The lowest BCUT2D eigenvalue weighted by Gasteiger charge is -2.40. The van der Waals surface area contributed by atoms with Gasteiger partial charge in [0.05, 0.1) is 10.8 Å². The molecule has 0 spiro atoms. The van der Waals surface area contributed by atoms with Crippen molar-refractivity contribution in [1.29, 1.82) is 0 Å². The molecule has 0 fully saturated rings. The number of nitrogens with one attached hydrogen (secondary N) is 1. The first-order valence-corrected chi connectivity index (χ1v) is 19.1. The van der Waals surface area contributed by atoms with Crippen molar-refractivity contribution in [2.45, 2.75) is 31.1 Å². The maximum absolute atomic E-state index is 4.24. The van der Waals surface area contributed by atoms with Crippen LogP contribution in [0.2, 0.25) is 0 Å². The van der Waals surface area contributed by atoms with Crippen LogP contribution in [0, 0.1) is 5.92 Å². The van der Waals surface area contributed by atoms with Crippen molar-refractivity contribution in [3.63, 3.8) is 0 Å². The molecule has 0 aliphatic heterocycles. The van der Waals surface area contributed by atoms with Crippen LogP contribution >= 0.6 is 0 Å². The standard InChI is InChI=1S/C27H25N.C26H24/c1-3-4-5-6-12-19-27(21-13-8-7-9-14-21)25-16-11-10-15-23(25)24-18-17-22(28-2)20-26(24)27;1-3-13-22-23-18-11-12-19-25(23)26(24(22)4-2,20-14-7-5-8-15-20)21-16-9-6-10-17-21/h3-20,28H,1-2H3;3-16,18-19,21H,2,17H2,1H3/b4-3-,6-5-,19-12+;13-3-. The summed E-state index contributed by atoms with van der Waals surface area (Å²) < 4.78 is 0. The van der Waals surface area contributed by atoms with Gasteiger partial charge < -0.3 is 5.32 Å². The first kappa shape index (κ1) is 36.2. The van der Waals surface area contributed by atoms with E-state index in [1.54, 1.807) is 0 Å². The molecule has 1 nitrogen and oxygen atoms in total. The fourth-order valence-corrected chi connectivity index (χ4v) is 8.90. The molecule has 8 rings (SSSR count). The van der Waals surface area contributed by atoms with E-state index in [2.05, 4.69) is 219 Å². The predicted molar refractivity (Wildman–Crippen MR) is 233 cm³/mol. The molecule has 3 aliphatic rings. The minimum Gasteiger partial charge on any atom is -0.388 e. The topological polar surface area (TPSA) is 12.0 Å². The summed E-state index contributed by atoms with van der Waals surface area (Å²) in [6, 6.07) is 46.1. The van der Waals surface area contributed by atoms with Crippen LogP contribution in [0.5, 0.6) is 0 Å². The summed E-state index contributed by atoms with van der Waals surface area (Å²) in [6.07, 6.45) is 29.2. The molecule has 266 valence electrons. The summed E-state index contributed by atoms with van der Waals surface area (Å²) in [5.74, 6) is 0.367. The quantitative estimate of drug-likeness (QED) is 0.151. The number of hydrogen-bond donors (Lipinski definition) is 1. The first-order valence-electron chi connectivity index (χ1n) is 19.1. The van der Waals surface area contributed by atoms with Gasteiger partial charge in [0.15, 0.2) is 0 Å². The van der Waals surface area contributed by atoms with Gasteiger partial charge in [-0.2, -0.15) is 0 Å². The van der Waals surface area contributed by atoms with Gasteiger partial charge in [0.1, 0.15) is 0 Å². The van der Waals surface area contributed by atoms with Crippen LogP contribution in [-0.2, 0) is 10.8 Å². The zero-order valence-corrected chi connectivity index (χ0v) is 31.6. The number of fused-ring (bicyclic) bond motifs is 4. The Morgan fingerprint density at radius 3 is 1.94 bits per heavy atom. The fourth-order valence-electron chi connectivity index (χ4n) is 8.90. The van der Waals surface area contributed by atoms with Crippen molar-refractivity contribution >= 4 is 11.3 Å². The van der Waals surface area contributed by atoms with E-state index in [9.17, 15) is 0 Å². The third-order valence-corrected chi connectivity index (χ3v) is 11.1. The van der Waals surface area contributed by atoms with Crippen LogP contribution in [-0.4, -0.2) is 7.05 Å². The third-order valence-electron chi connectivity index (χ3n) is 11.1. The van der Waals surface area contributed by atoms with E-state index in [1.807, 2.05) is 20.0 Å². The Hall–Kier alpha value is -6.18. The van der Waals surface area contributed by atoms with Crippen LogP contribution in [0.15, 0.2) is 219 Å². The maximum atomic E-state index is 4.24. The van der Waals surface area contributed by atoms with Gasteiger partial charge in [-0.05, 0) is 94.0 Å². The number of benzene rings is 5. The average molecular weight is 700 g/mol. The van der Waals surface area contributed by atoms with Gasteiger partial charge in [0.25, 0.3) is 0 Å². The Kier molecular flexibility index (Phi) is 10.9. The molecule has 3 aliphatic carbocycles. The molecule has 0 saturated heterocycles. The second kappa shape index (κ2) is 16.2. The summed E-state index contributed by atoms with van der Waals surface area (Å²) in [4.78, 5) is 0. The van der Waals surface area contributed by atoms with Gasteiger partial charge in [-0.3, -0.25) is 0 Å². The smallest absolute Gasteiger partial charge is 0.0647 e. The molecule has 0 heterocycles. The van der Waals surface area contributed by atoms with Gasteiger partial charge >= 0.3 is 0 Å². The number of allylic oxidation sites excluding steroid dienone is 15. The Bertz CT molecular complexity index is 2330. The van der Waals surface area contributed by atoms with Crippen molar-refractivity contribution in [1.82, 2.24) is 0 Å². The molecule has 0 bridgehead atoms. The van der Waals surface area contributed by atoms with Gasteiger partial charge in [-0.15, -0.1) is 0 Å². The molecule has 3 unspecified atom stereocenters. The van der Waals surface area contributed by atoms with Gasteiger partial charge in [-0.25, -0.2) is 0 Å². The Balaban J connectivity index is 0.000000167. The minimum atomic E-state index is -0.305. The van der Waals surface area contributed by atoms with Crippen molar-refractivity contribution < 1.29 is 0 Å². The molecule has 0 amide bonds. The largest absolute Gasteiger partial charge is 0.388 e. The number of anilines is 1. The summed E-state index contributed by atoms with van der Waals surface area (Å²) in [5.41, 5.74) is 13.8. The highest BCUT2D eigenvalue weighted by Crippen LogP contribution is 2.57. The van der Waals surface area contributed by atoms with Crippen LogP contribution in [0.25, 0.3) is 16.7 Å². The van der Waals surface area contributed by atoms with Gasteiger partial charge in [0, 0.05) is 12.7 Å². The summed E-state index contributed by atoms with van der Waals surface area (Å²) in [7, 11) is 1.98. The monoisotopic (exact) mass is 699 g/mol. The predicted octanol–water partition coefficient (Wildman–Crippen LogP) is 13.4. The lowest BCUT2D eigenvalue weighted by Crippen LogP contribution is -2.36. The minimum absolute atomic E-state index is 0.199. The van der Waals surface area contributed by atoms with Crippen molar-refractivity contribution in [3.8, 4) is 11.1 Å². The van der Waals surface area contributed by atoms with Crippen molar-refractivity contribution in [3.05, 3.63) is 252 Å². The molecule has 0 saturated carbocycles. The molecule has 54 heavy (non-hydrogen) atoms. The molecule has 1 heteroatoms. The summed E-state index contributed by atoms with van der Waals surface area (Å²) in [5, 5.41) is 3.31. The van der Waals surface area contributed by atoms with Crippen LogP contribution in [0.3, 0.4) is 0 Å². The molecular weight excluding hydrogens is 651 g/mol. The van der Waals surface area contributed by atoms with Crippen molar-refractivity contribution in [2.75, 3.05) is 12.4 Å². The SMILES string of the molecule is C=CC1=C(/C=C\C)c2ccccc2C1(c1ccccc1)C1C=CC=CC1.C\C=C/C=C\C=C\C1(c2ccccc2)c2ccccc2-c2ccc(NC)cc21. The Labute approximate surface area is 322 Å². The van der Waals surface area contributed by atoms with E-state index >= 15 is 0 Å². The number of hydrogen-bond acceptors (Lipinski definition) is 1. The van der Waals surface area contributed by atoms with Crippen LogP contribution in [0.4, 0.5) is 5.69 Å². The molecule has 5 aromatic rings. The molecule has 0 aromatic heterocycles. The van der Waals surface area contributed by atoms with Gasteiger partial charge in [-0.1, -0.05) is 201 Å². The van der Waals surface area contributed by atoms with E-state index < -0.39 is 0 Å². The first-order chi connectivity index (χ1) is 26.6. The number of rotatable bonds is 9. The highest BCUT2D eigenvalue weighted by atomic mass is 14.8. The molecule has 5 aromatic carbocycles. The Morgan fingerprint density at radius 2 is 1.28 bits per heavy atom. The molecular formula is C53H49N. The van der Waals surface area contributed by atoms with E-state index in [1.165, 1.54) is 55.7 Å². The van der Waals surface area contributed by atoms with E-state index in [-0.39, 0.29) is 10.8 Å². The fraction of sp³-hybridized carbons (Fsp3) is 0.132. The third kappa shape index (κ3) is 6.20. The second-order valence-corrected chi connectivity index (χ2v) is 13.9. The summed E-state index contributed by atoms with van der Waals surface area (Å²) in [6.45, 7) is 8.36. The highest BCUT2D eigenvalue weighted by Gasteiger charge is 2.49. The maximum Gasteiger partial charge on any atom is 0.0647 e. The zero-order chi connectivity index (χ0) is 37.4. The van der Waals surface area contributed by atoms with Crippen molar-refractivity contribution in [2.24, 2.45) is 5.92 Å². The van der Waals surface area contributed by atoms with E-state index in [0.29, 0.717) is 5.92 Å². The van der Waals surface area contributed by atoms with Gasteiger partial charge in [0.2, 0.25) is 0 Å². The van der Waals surface area contributed by atoms with Crippen LogP contribution < -0.4 is 5.32 Å². The van der Waals surface area contributed by atoms with E-state index in [4.69, 9.17) is 0 Å². The average Bonchev–Trinajstić information content (AvgIpc) is 3.69. The molecule has 0 radical (unpaired) electrons. The second-order valence-electron chi connectivity index (χ2n) is 13.9. The van der Waals surface area contributed by atoms with E-state index in [0.717, 1.165) is 12.1 Å². The lowest BCUT2D eigenvalue weighted by atomic mass is 9.61. The lowest BCUT2D eigenvalue weighted by molar-refractivity contribution is 0.454. The Morgan fingerprint density at radius 1 is 0.630 bits per heavy atom. The normalized spacial score (nSPS) is 21.1. The molecule has 1 N–H and O–H groups in total.